The molecule has 19 heavy (non-hydrogen) atoms. The quantitative estimate of drug-likeness (QED) is 0.642. The number of allylic oxidation sites excluding steroid dienone is 4. The Balaban J connectivity index is 1.71. The van der Waals surface area contributed by atoms with Gasteiger partial charge in [0.1, 0.15) is 0 Å². The fourth-order valence-electron chi connectivity index (χ4n) is 4.04. The molecule has 0 N–H and O–H groups in total. The number of fused-ring (bicyclic) bond motifs is 5. The van der Waals surface area contributed by atoms with Crippen LogP contribution in [0.2, 0.25) is 0 Å². The first-order valence-electron chi connectivity index (χ1n) is 7.03. The minimum absolute atomic E-state index is 1.14. The largest absolute Gasteiger partial charge is 0.0619 e. The average molecular weight is 242 g/mol. The molecule has 2 aromatic carbocycles. The second-order valence-corrected chi connectivity index (χ2v) is 5.78. The first-order chi connectivity index (χ1) is 9.42. The van der Waals surface area contributed by atoms with Crippen LogP contribution in [0.3, 0.4) is 0 Å². The summed E-state index contributed by atoms with van der Waals surface area (Å²) < 4.78 is 0. The fourth-order valence-corrected chi connectivity index (χ4v) is 4.04. The highest BCUT2D eigenvalue weighted by Gasteiger charge is 2.35. The molecular weight excluding hydrogens is 228 g/mol. The van der Waals surface area contributed by atoms with Gasteiger partial charge in [-0.15, -0.1) is 0 Å². The molecule has 0 radical (unpaired) electrons. The van der Waals surface area contributed by atoms with Gasteiger partial charge in [0.15, 0.2) is 0 Å². The second kappa shape index (κ2) is 3.27. The van der Waals surface area contributed by atoms with Crippen LogP contribution in [0, 0.1) is 0 Å². The van der Waals surface area contributed by atoms with E-state index >= 15 is 0 Å². The van der Waals surface area contributed by atoms with Crippen LogP contribution in [0.1, 0.15) is 28.7 Å². The zero-order chi connectivity index (χ0) is 12.4. The van der Waals surface area contributed by atoms with Gasteiger partial charge in [-0.3, -0.25) is 0 Å². The molecule has 0 bridgehead atoms. The Morgan fingerprint density at radius 2 is 1.26 bits per heavy atom. The predicted molar refractivity (Wildman–Crippen MR) is 78.7 cm³/mol. The van der Waals surface area contributed by atoms with E-state index < -0.39 is 0 Å². The summed E-state index contributed by atoms with van der Waals surface area (Å²) in [6.45, 7) is 0. The van der Waals surface area contributed by atoms with Crippen LogP contribution in [0.25, 0.3) is 11.1 Å². The standard InChI is InChI=1S/C19H14/c1-3-7-15-13(6-1)10-18-17(15)11-14-9-12-5-2-4-8-16(12)19(14)18/h1-8H,9-11H2. The number of rotatable bonds is 0. The molecule has 0 nitrogen and oxygen atoms in total. The molecule has 3 aliphatic carbocycles. The molecule has 5 rings (SSSR count). The zero-order valence-corrected chi connectivity index (χ0v) is 10.7. The third-order valence-corrected chi connectivity index (χ3v) is 4.81. The predicted octanol–water partition coefficient (Wildman–Crippen LogP) is 4.41. The Bertz CT molecular complexity index is 787. The molecule has 2 aromatic rings. The molecule has 90 valence electrons. The van der Waals surface area contributed by atoms with Crippen LogP contribution in [-0.4, -0.2) is 0 Å². The maximum atomic E-state index is 2.30. The van der Waals surface area contributed by atoms with E-state index in [9.17, 15) is 0 Å². The van der Waals surface area contributed by atoms with Gasteiger partial charge in [-0.05, 0) is 58.2 Å². The lowest BCUT2D eigenvalue weighted by molar-refractivity contribution is 1.13. The number of benzene rings is 2. The first kappa shape index (κ1) is 9.80. The summed E-state index contributed by atoms with van der Waals surface area (Å²) in [6.07, 6.45) is 3.48. The van der Waals surface area contributed by atoms with E-state index in [1.165, 1.54) is 35.1 Å². The Kier molecular flexibility index (Phi) is 1.69. The van der Waals surface area contributed by atoms with E-state index in [0.29, 0.717) is 0 Å². The first-order valence-corrected chi connectivity index (χ1v) is 7.03. The SMILES string of the molecule is c1ccc2c(c1)CC1=C2CC2=C1c1ccccc1C2. The third kappa shape index (κ3) is 1.14. The van der Waals surface area contributed by atoms with Crippen molar-refractivity contribution in [1.29, 1.82) is 0 Å². The van der Waals surface area contributed by atoms with E-state index in [1.54, 1.807) is 22.3 Å². The lowest BCUT2D eigenvalue weighted by Gasteiger charge is -2.06. The van der Waals surface area contributed by atoms with Crippen LogP contribution >= 0.6 is 0 Å². The summed E-state index contributed by atoms with van der Waals surface area (Å²) in [5.74, 6) is 0. The van der Waals surface area contributed by atoms with Gasteiger partial charge < -0.3 is 0 Å². The molecule has 0 unspecified atom stereocenters. The summed E-state index contributed by atoms with van der Waals surface area (Å²) in [7, 11) is 0. The van der Waals surface area contributed by atoms with Crippen molar-refractivity contribution in [2.24, 2.45) is 0 Å². The van der Waals surface area contributed by atoms with Gasteiger partial charge in [0.05, 0.1) is 0 Å². The van der Waals surface area contributed by atoms with Crippen molar-refractivity contribution in [2.45, 2.75) is 19.3 Å². The molecule has 0 fully saturated rings. The van der Waals surface area contributed by atoms with Gasteiger partial charge in [0, 0.05) is 0 Å². The van der Waals surface area contributed by atoms with Crippen LogP contribution in [0.5, 0.6) is 0 Å². The summed E-state index contributed by atoms with van der Waals surface area (Å²) >= 11 is 0. The van der Waals surface area contributed by atoms with Crippen molar-refractivity contribution in [3.63, 3.8) is 0 Å². The molecule has 0 atom stereocenters. The van der Waals surface area contributed by atoms with Crippen LogP contribution in [0.4, 0.5) is 0 Å². The van der Waals surface area contributed by atoms with E-state index in [1.807, 2.05) is 0 Å². The molecule has 0 aliphatic heterocycles. The number of hydrogen-bond donors (Lipinski definition) is 0. The highest BCUT2D eigenvalue weighted by molar-refractivity contribution is 6.02. The minimum atomic E-state index is 1.14. The second-order valence-electron chi connectivity index (χ2n) is 5.78. The molecule has 0 saturated heterocycles. The van der Waals surface area contributed by atoms with Crippen LogP contribution < -0.4 is 0 Å². The third-order valence-electron chi connectivity index (χ3n) is 4.81. The highest BCUT2D eigenvalue weighted by atomic mass is 14.4. The average Bonchev–Trinajstić information content (AvgIpc) is 3.05. The topological polar surface area (TPSA) is 0 Å². The lowest BCUT2D eigenvalue weighted by atomic mass is 9.98. The molecule has 0 aromatic heterocycles. The number of hydrogen-bond acceptors (Lipinski definition) is 0. The summed E-state index contributed by atoms with van der Waals surface area (Å²) in [5.41, 5.74) is 12.5. The Labute approximate surface area is 113 Å². The zero-order valence-electron chi connectivity index (χ0n) is 10.7. The monoisotopic (exact) mass is 242 g/mol. The Morgan fingerprint density at radius 3 is 2.11 bits per heavy atom. The van der Waals surface area contributed by atoms with Gasteiger partial charge in [0.2, 0.25) is 0 Å². The van der Waals surface area contributed by atoms with Crippen molar-refractivity contribution >= 4 is 11.1 Å². The Morgan fingerprint density at radius 1 is 0.579 bits per heavy atom. The van der Waals surface area contributed by atoms with E-state index in [-0.39, 0.29) is 0 Å². The maximum absolute atomic E-state index is 2.30. The van der Waals surface area contributed by atoms with Gasteiger partial charge in [0.25, 0.3) is 0 Å². The fraction of sp³-hybridized carbons (Fsp3) is 0.158. The van der Waals surface area contributed by atoms with Gasteiger partial charge >= 0.3 is 0 Å². The van der Waals surface area contributed by atoms with Gasteiger partial charge in [-0.25, -0.2) is 0 Å². The van der Waals surface area contributed by atoms with Crippen molar-refractivity contribution in [1.82, 2.24) is 0 Å². The minimum Gasteiger partial charge on any atom is -0.0619 e. The van der Waals surface area contributed by atoms with Crippen LogP contribution in [0.15, 0.2) is 59.7 Å². The van der Waals surface area contributed by atoms with Gasteiger partial charge in [-0.2, -0.15) is 0 Å². The highest BCUT2D eigenvalue weighted by Crippen LogP contribution is 2.53. The molecule has 0 heteroatoms. The van der Waals surface area contributed by atoms with E-state index in [2.05, 4.69) is 48.5 Å². The van der Waals surface area contributed by atoms with E-state index in [4.69, 9.17) is 0 Å². The molecule has 0 amide bonds. The van der Waals surface area contributed by atoms with E-state index in [0.717, 1.165) is 6.42 Å². The molecule has 0 spiro atoms. The molecule has 0 heterocycles. The molecular formula is C19H14. The maximum Gasteiger partial charge on any atom is -0.00105 e. The van der Waals surface area contributed by atoms with Crippen molar-refractivity contribution < 1.29 is 0 Å². The van der Waals surface area contributed by atoms with Crippen LogP contribution in [-0.2, 0) is 12.8 Å². The summed E-state index contributed by atoms with van der Waals surface area (Å²) in [4.78, 5) is 0. The summed E-state index contributed by atoms with van der Waals surface area (Å²) in [6, 6.07) is 17.9. The smallest absolute Gasteiger partial charge is 0.00105 e. The Hall–Kier alpha value is -2.08. The van der Waals surface area contributed by atoms with Gasteiger partial charge in [-0.1, -0.05) is 54.1 Å². The normalized spacial score (nSPS) is 18.5. The summed E-state index contributed by atoms with van der Waals surface area (Å²) in [5, 5.41) is 0. The molecule has 0 saturated carbocycles. The van der Waals surface area contributed by atoms with Crippen molar-refractivity contribution in [3.8, 4) is 0 Å². The lowest BCUT2D eigenvalue weighted by Crippen LogP contribution is -1.89. The van der Waals surface area contributed by atoms with Crippen molar-refractivity contribution in [3.05, 3.63) is 81.9 Å². The van der Waals surface area contributed by atoms with Crippen molar-refractivity contribution in [2.75, 3.05) is 0 Å². The molecule has 3 aliphatic rings.